The predicted octanol–water partition coefficient (Wildman–Crippen LogP) is 3.45. The minimum atomic E-state index is -0.394. The Morgan fingerprint density at radius 3 is 2.57 bits per heavy atom. The molecule has 0 spiro atoms. The van der Waals surface area contributed by atoms with Gasteiger partial charge in [-0.2, -0.15) is 0 Å². The third-order valence-electron chi connectivity index (χ3n) is 3.52. The molecule has 4 nitrogen and oxygen atoms in total. The van der Waals surface area contributed by atoms with Gasteiger partial charge in [0.15, 0.2) is 0 Å². The molecule has 0 saturated carbocycles. The molecule has 1 rings (SSSR count). The van der Waals surface area contributed by atoms with Crippen LogP contribution in [-0.4, -0.2) is 40.6 Å². The van der Waals surface area contributed by atoms with Gasteiger partial charge in [-0.3, -0.25) is 4.79 Å². The van der Waals surface area contributed by atoms with Gasteiger partial charge in [0, 0.05) is 12.2 Å². The minimum Gasteiger partial charge on any atom is -0.464 e. The molecule has 0 aromatic rings. The van der Waals surface area contributed by atoms with Gasteiger partial charge in [-0.05, 0) is 25.2 Å². The fourth-order valence-corrected chi connectivity index (χ4v) is 4.07. The van der Waals surface area contributed by atoms with Crippen molar-refractivity contribution in [2.75, 3.05) is 12.4 Å². The average molecular weight is 315 g/mol. The Kier molecular flexibility index (Phi) is 8.15. The van der Waals surface area contributed by atoms with E-state index >= 15 is 0 Å². The lowest BCUT2D eigenvalue weighted by Crippen LogP contribution is -2.46. The lowest BCUT2D eigenvalue weighted by atomic mass is 10.1. The van der Waals surface area contributed by atoms with E-state index in [1.807, 2.05) is 6.92 Å². The number of unbranched alkanes of at least 4 members (excludes halogenated alkanes) is 1. The maximum Gasteiger partial charge on any atom is 0.329 e. The summed E-state index contributed by atoms with van der Waals surface area (Å²) in [5.41, 5.74) is 0. The summed E-state index contributed by atoms with van der Waals surface area (Å²) in [5, 5.41) is 0.119. The van der Waals surface area contributed by atoms with Gasteiger partial charge >= 0.3 is 5.97 Å². The molecule has 0 aromatic carbocycles. The average Bonchev–Trinajstić information content (AvgIpc) is 2.85. The van der Waals surface area contributed by atoms with Crippen LogP contribution in [0.2, 0.25) is 0 Å². The molecule has 1 aliphatic rings. The van der Waals surface area contributed by atoms with Crippen LogP contribution in [0, 0.1) is 5.92 Å². The van der Waals surface area contributed by atoms with Gasteiger partial charge in [0.2, 0.25) is 5.91 Å². The van der Waals surface area contributed by atoms with Crippen LogP contribution in [0.25, 0.3) is 0 Å². The van der Waals surface area contributed by atoms with Crippen LogP contribution in [0.3, 0.4) is 0 Å². The zero-order valence-corrected chi connectivity index (χ0v) is 14.6. The van der Waals surface area contributed by atoms with E-state index in [9.17, 15) is 9.59 Å². The zero-order chi connectivity index (χ0) is 15.8. The summed E-state index contributed by atoms with van der Waals surface area (Å²) in [6.07, 6.45) is 4.14. The maximum absolute atomic E-state index is 12.5. The second-order valence-electron chi connectivity index (χ2n) is 6.01. The van der Waals surface area contributed by atoms with E-state index < -0.39 is 6.04 Å². The predicted molar refractivity (Wildman–Crippen MR) is 87.1 cm³/mol. The number of hydrogen-bond donors (Lipinski definition) is 0. The quantitative estimate of drug-likeness (QED) is 0.644. The van der Waals surface area contributed by atoms with Gasteiger partial charge in [0.25, 0.3) is 0 Å². The highest BCUT2D eigenvalue weighted by atomic mass is 32.2. The summed E-state index contributed by atoms with van der Waals surface area (Å²) >= 11 is 1.71. The normalized spacial score (nSPS) is 21.9. The lowest BCUT2D eigenvalue weighted by molar-refractivity contribution is -0.154. The fourth-order valence-electron chi connectivity index (χ4n) is 2.42. The van der Waals surface area contributed by atoms with Crippen LogP contribution in [0.4, 0.5) is 0 Å². The van der Waals surface area contributed by atoms with Crippen molar-refractivity contribution in [3.63, 3.8) is 0 Å². The fraction of sp³-hybridized carbons (Fsp3) is 0.875. The smallest absolute Gasteiger partial charge is 0.329 e. The molecular formula is C16H29NO3S. The van der Waals surface area contributed by atoms with E-state index in [0.29, 0.717) is 24.7 Å². The van der Waals surface area contributed by atoms with E-state index in [2.05, 4.69) is 20.8 Å². The van der Waals surface area contributed by atoms with E-state index in [-0.39, 0.29) is 17.3 Å². The Hall–Kier alpha value is -0.710. The first kappa shape index (κ1) is 18.3. The molecule has 0 radical (unpaired) electrons. The topological polar surface area (TPSA) is 46.6 Å². The van der Waals surface area contributed by atoms with Gasteiger partial charge in [-0.15, -0.1) is 11.8 Å². The molecule has 5 heteroatoms. The molecule has 0 bridgehead atoms. The van der Waals surface area contributed by atoms with Crippen molar-refractivity contribution in [2.45, 2.75) is 71.2 Å². The van der Waals surface area contributed by atoms with Crippen molar-refractivity contribution in [2.24, 2.45) is 5.92 Å². The molecule has 122 valence electrons. The van der Waals surface area contributed by atoms with Crippen molar-refractivity contribution in [1.82, 2.24) is 4.90 Å². The molecule has 0 N–H and O–H groups in total. The first-order chi connectivity index (χ1) is 10.0. The van der Waals surface area contributed by atoms with Crippen LogP contribution in [0.5, 0.6) is 0 Å². The second kappa shape index (κ2) is 9.34. The lowest BCUT2D eigenvalue weighted by Gasteiger charge is -2.29. The molecular weight excluding hydrogens is 286 g/mol. The highest BCUT2D eigenvalue weighted by Gasteiger charge is 2.41. The summed E-state index contributed by atoms with van der Waals surface area (Å²) < 4.78 is 5.27. The summed E-state index contributed by atoms with van der Waals surface area (Å²) in [6.45, 7) is 8.79. The highest BCUT2D eigenvalue weighted by molar-refractivity contribution is 8.00. The number of esters is 1. The monoisotopic (exact) mass is 315 g/mol. The number of rotatable bonds is 8. The number of amides is 1. The van der Waals surface area contributed by atoms with Crippen molar-refractivity contribution < 1.29 is 14.3 Å². The molecule has 2 unspecified atom stereocenters. The Balaban J connectivity index is 2.76. The van der Waals surface area contributed by atoms with Crippen molar-refractivity contribution in [3.05, 3.63) is 0 Å². The van der Waals surface area contributed by atoms with Crippen LogP contribution in [0.1, 0.15) is 59.8 Å². The second-order valence-corrected chi connectivity index (χ2v) is 7.22. The van der Waals surface area contributed by atoms with E-state index in [0.717, 1.165) is 25.7 Å². The third kappa shape index (κ3) is 5.53. The molecule has 1 saturated heterocycles. The Labute approximate surface area is 133 Å². The van der Waals surface area contributed by atoms with E-state index in [4.69, 9.17) is 4.74 Å². The zero-order valence-electron chi connectivity index (χ0n) is 13.8. The van der Waals surface area contributed by atoms with Gasteiger partial charge in [-0.1, -0.05) is 34.1 Å². The molecule has 1 amide bonds. The molecule has 2 atom stereocenters. The summed E-state index contributed by atoms with van der Waals surface area (Å²) in [4.78, 5) is 26.5. The summed E-state index contributed by atoms with van der Waals surface area (Å²) in [5.74, 6) is 1.04. The number of thioether (sulfide) groups is 1. The SMILES string of the molecule is CCCCC(=O)N1C(CC(C)C)SCC1C(=O)OCCC. The van der Waals surface area contributed by atoms with Crippen LogP contribution < -0.4 is 0 Å². The van der Waals surface area contributed by atoms with Crippen LogP contribution >= 0.6 is 11.8 Å². The minimum absolute atomic E-state index is 0.103. The highest BCUT2D eigenvalue weighted by Crippen LogP contribution is 2.34. The Bertz CT molecular complexity index is 346. The molecule has 1 aliphatic heterocycles. The number of ether oxygens (including phenoxy) is 1. The summed E-state index contributed by atoms with van der Waals surface area (Å²) in [6, 6.07) is -0.394. The van der Waals surface area contributed by atoms with Crippen molar-refractivity contribution in [3.8, 4) is 0 Å². The van der Waals surface area contributed by atoms with Crippen molar-refractivity contribution in [1.29, 1.82) is 0 Å². The third-order valence-corrected chi connectivity index (χ3v) is 4.83. The first-order valence-electron chi connectivity index (χ1n) is 8.10. The number of nitrogens with zero attached hydrogens (tertiary/aromatic N) is 1. The van der Waals surface area contributed by atoms with Gasteiger partial charge in [0.05, 0.1) is 12.0 Å². The van der Waals surface area contributed by atoms with Gasteiger partial charge in [0.1, 0.15) is 6.04 Å². The molecule has 21 heavy (non-hydrogen) atoms. The van der Waals surface area contributed by atoms with Crippen LogP contribution in [-0.2, 0) is 14.3 Å². The number of hydrogen-bond acceptors (Lipinski definition) is 4. The molecule has 0 aromatic heterocycles. The van der Waals surface area contributed by atoms with Gasteiger partial charge in [-0.25, -0.2) is 4.79 Å². The molecule has 1 heterocycles. The molecule has 1 fully saturated rings. The van der Waals surface area contributed by atoms with Crippen LogP contribution in [0.15, 0.2) is 0 Å². The first-order valence-corrected chi connectivity index (χ1v) is 9.15. The standard InChI is InChI=1S/C16H29NO3S/c1-5-7-8-14(18)17-13(16(19)20-9-6-2)11-21-15(17)10-12(3)4/h12-13,15H,5-11H2,1-4H3. The largest absolute Gasteiger partial charge is 0.464 e. The van der Waals surface area contributed by atoms with Crippen molar-refractivity contribution >= 4 is 23.6 Å². The van der Waals surface area contributed by atoms with Gasteiger partial charge < -0.3 is 9.64 Å². The number of carbonyl (C=O) groups excluding carboxylic acids is 2. The number of carbonyl (C=O) groups is 2. The Morgan fingerprint density at radius 1 is 1.29 bits per heavy atom. The summed E-state index contributed by atoms with van der Waals surface area (Å²) in [7, 11) is 0. The molecule has 0 aliphatic carbocycles. The van der Waals surface area contributed by atoms with E-state index in [1.54, 1.807) is 16.7 Å². The Morgan fingerprint density at radius 2 is 2.00 bits per heavy atom. The van der Waals surface area contributed by atoms with E-state index in [1.165, 1.54) is 0 Å². The maximum atomic E-state index is 12.5.